The molecule has 0 saturated carbocycles. The Balaban J connectivity index is 1.43. The lowest BCUT2D eigenvalue weighted by atomic mass is 9.97. The van der Waals surface area contributed by atoms with Gasteiger partial charge in [-0.1, -0.05) is 6.92 Å². The number of anilines is 1. The Kier molecular flexibility index (Phi) is 6.86. The van der Waals surface area contributed by atoms with E-state index in [0.717, 1.165) is 31.6 Å². The molecule has 0 atom stereocenters. The quantitative estimate of drug-likeness (QED) is 0.552. The van der Waals surface area contributed by atoms with Gasteiger partial charge in [-0.3, -0.25) is 24.7 Å². The SMILES string of the molecule is CC1CCN(c2ccc([N+](=O)[O-])cc2C(=O)NC2CCN(C(=O)c3ccncc3)CC2)CC1. The molecule has 1 aromatic heterocycles. The highest BCUT2D eigenvalue weighted by Crippen LogP contribution is 2.29. The van der Waals surface area contributed by atoms with Crippen LogP contribution in [-0.2, 0) is 0 Å². The number of nitro groups is 1. The summed E-state index contributed by atoms with van der Waals surface area (Å²) in [5, 5.41) is 14.4. The number of hydrogen-bond donors (Lipinski definition) is 1. The van der Waals surface area contributed by atoms with Crippen LogP contribution in [0.5, 0.6) is 0 Å². The third kappa shape index (κ3) is 5.30. The van der Waals surface area contributed by atoms with Gasteiger partial charge >= 0.3 is 0 Å². The summed E-state index contributed by atoms with van der Waals surface area (Å²) in [7, 11) is 0. The third-order valence-corrected chi connectivity index (χ3v) is 6.60. The summed E-state index contributed by atoms with van der Waals surface area (Å²) in [5.74, 6) is 0.297. The van der Waals surface area contributed by atoms with Crippen molar-refractivity contribution >= 4 is 23.2 Å². The molecular formula is C24H29N5O4. The molecule has 0 aliphatic carbocycles. The first-order valence-electron chi connectivity index (χ1n) is 11.5. The minimum atomic E-state index is -0.470. The Morgan fingerprint density at radius 2 is 1.70 bits per heavy atom. The molecule has 2 aliphatic heterocycles. The van der Waals surface area contributed by atoms with Gasteiger partial charge in [-0.25, -0.2) is 0 Å². The van der Waals surface area contributed by atoms with Crippen LogP contribution >= 0.6 is 0 Å². The Bertz CT molecular complexity index is 1010. The van der Waals surface area contributed by atoms with E-state index in [9.17, 15) is 19.7 Å². The molecule has 2 fully saturated rings. The normalized spacial score (nSPS) is 17.6. The number of aromatic nitrogens is 1. The van der Waals surface area contributed by atoms with E-state index >= 15 is 0 Å². The summed E-state index contributed by atoms with van der Waals surface area (Å²) in [6.07, 6.45) is 6.52. The van der Waals surface area contributed by atoms with Crippen LogP contribution < -0.4 is 10.2 Å². The highest BCUT2D eigenvalue weighted by Gasteiger charge is 2.28. The van der Waals surface area contributed by atoms with Crippen molar-refractivity contribution in [3.8, 4) is 0 Å². The fraction of sp³-hybridized carbons (Fsp3) is 0.458. The minimum Gasteiger partial charge on any atom is -0.371 e. The van der Waals surface area contributed by atoms with Crippen LogP contribution in [-0.4, -0.2) is 58.8 Å². The maximum absolute atomic E-state index is 13.2. The fourth-order valence-corrected chi connectivity index (χ4v) is 4.51. The van der Waals surface area contributed by atoms with Crippen LogP contribution in [0.25, 0.3) is 0 Å². The van der Waals surface area contributed by atoms with E-state index in [1.165, 1.54) is 12.1 Å². The lowest BCUT2D eigenvalue weighted by molar-refractivity contribution is -0.384. The first-order chi connectivity index (χ1) is 15.9. The molecule has 9 heteroatoms. The Morgan fingerprint density at radius 1 is 1.03 bits per heavy atom. The molecule has 0 unspecified atom stereocenters. The van der Waals surface area contributed by atoms with Crippen molar-refractivity contribution in [2.24, 2.45) is 5.92 Å². The van der Waals surface area contributed by atoms with Crippen LogP contribution in [0.3, 0.4) is 0 Å². The van der Waals surface area contributed by atoms with Crippen molar-refractivity contribution in [2.45, 2.75) is 38.6 Å². The second kappa shape index (κ2) is 9.97. The second-order valence-electron chi connectivity index (χ2n) is 8.90. The standard InChI is InChI=1S/C24H29N5O4/c1-17-6-12-27(13-7-17)22-3-2-20(29(32)33)16-21(22)23(30)26-19-8-14-28(15-9-19)24(31)18-4-10-25-11-5-18/h2-5,10-11,16-17,19H,6-9,12-15H2,1H3,(H,26,30). The number of nitrogens with one attached hydrogen (secondary N) is 1. The second-order valence-corrected chi connectivity index (χ2v) is 8.90. The molecule has 33 heavy (non-hydrogen) atoms. The van der Waals surface area contributed by atoms with Crippen molar-refractivity contribution < 1.29 is 14.5 Å². The van der Waals surface area contributed by atoms with Gasteiger partial charge in [0, 0.05) is 62.3 Å². The van der Waals surface area contributed by atoms with Gasteiger partial charge in [-0.15, -0.1) is 0 Å². The molecule has 2 amide bonds. The van der Waals surface area contributed by atoms with E-state index in [2.05, 4.69) is 22.1 Å². The van der Waals surface area contributed by atoms with Gasteiger partial charge < -0.3 is 15.1 Å². The van der Waals surface area contributed by atoms with E-state index < -0.39 is 4.92 Å². The van der Waals surface area contributed by atoms with E-state index in [-0.39, 0.29) is 23.5 Å². The number of rotatable bonds is 5. The summed E-state index contributed by atoms with van der Waals surface area (Å²) in [5.41, 5.74) is 1.60. The van der Waals surface area contributed by atoms with Crippen molar-refractivity contribution in [3.05, 3.63) is 64.0 Å². The third-order valence-electron chi connectivity index (χ3n) is 6.60. The summed E-state index contributed by atoms with van der Waals surface area (Å²) in [6, 6.07) is 7.84. The number of nitro benzene ring substituents is 1. The number of benzene rings is 1. The monoisotopic (exact) mass is 451 g/mol. The van der Waals surface area contributed by atoms with Crippen molar-refractivity contribution in [1.29, 1.82) is 0 Å². The molecule has 2 aromatic rings. The van der Waals surface area contributed by atoms with Gasteiger partial charge in [0.15, 0.2) is 0 Å². The van der Waals surface area contributed by atoms with Gasteiger partial charge in [0.25, 0.3) is 17.5 Å². The average Bonchev–Trinajstić information content (AvgIpc) is 2.84. The number of carbonyl (C=O) groups is 2. The average molecular weight is 452 g/mol. The lowest BCUT2D eigenvalue weighted by Gasteiger charge is -2.34. The zero-order chi connectivity index (χ0) is 23.4. The highest BCUT2D eigenvalue weighted by molar-refractivity contribution is 6.00. The summed E-state index contributed by atoms with van der Waals surface area (Å²) in [6.45, 7) is 4.95. The molecule has 4 rings (SSSR count). The van der Waals surface area contributed by atoms with E-state index in [0.29, 0.717) is 43.0 Å². The van der Waals surface area contributed by atoms with Gasteiger partial charge in [0.05, 0.1) is 16.2 Å². The first-order valence-corrected chi connectivity index (χ1v) is 11.5. The van der Waals surface area contributed by atoms with Crippen molar-refractivity contribution in [1.82, 2.24) is 15.2 Å². The predicted molar refractivity (Wildman–Crippen MR) is 124 cm³/mol. The predicted octanol–water partition coefficient (Wildman–Crippen LogP) is 3.26. The molecule has 9 nitrogen and oxygen atoms in total. The van der Waals surface area contributed by atoms with Crippen LogP contribution in [0.2, 0.25) is 0 Å². The van der Waals surface area contributed by atoms with Gasteiger partial charge in [0.1, 0.15) is 0 Å². The highest BCUT2D eigenvalue weighted by atomic mass is 16.6. The maximum Gasteiger partial charge on any atom is 0.270 e. The smallest absolute Gasteiger partial charge is 0.270 e. The number of piperidine rings is 2. The zero-order valence-electron chi connectivity index (χ0n) is 18.8. The van der Waals surface area contributed by atoms with Crippen LogP contribution in [0.15, 0.2) is 42.7 Å². The van der Waals surface area contributed by atoms with Gasteiger partial charge in [-0.05, 0) is 49.8 Å². The first kappa shape index (κ1) is 22.7. The lowest BCUT2D eigenvalue weighted by Crippen LogP contribution is -2.46. The number of pyridine rings is 1. The van der Waals surface area contributed by atoms with Crippen molar-refractivity contribution in [3.63, 3.8) is 0 Å². The largest absolute Gasteiger partial charge is 0.371 e. The number of amides is 2. The van der Waals surface area contributed by atoms with Crippen LogP contribution in [0, 0.1) is 16.0 Å². The summed E-state index contributed by atoms with van der Waals surface area (Å²) < 4.78 is 0. The number of carbonyl (C=O) groups excluding carboxylic acids is 2. The van der Waals surface area contributed by atoms with E-state index in [1.807, 2.05) is 0 Å². The fourth-order valence-electron chi connectivity index (χ4n) is 4.51. The molecule has 0 spiro atoms. The molecule has 0 bridgehead atoms. The van der Waals surface area contributed by atoms with Gasteiger partial charge in [0.2, 0.25) is 0 Å². The van der Waals surface area contributed by atoms with Crippen molar-refractivity contribution in [2.75, 3.05) is 31.1 Å². The summed E-state index contributed by atoms with van der Waals surface area (Å²) in [4.78, 5) is 44.6. The molecule has 174 valence electrons. The van der Waals surface area contributed by atoms with Crippen LogP contribution in [0.4, 0.5) is 11.4 Å². The maximum atomic E-state index is 13.2. The Labute approximate surface area is 192 Å². The molecule has 0 radical (unpaired) electrons. The number of non-ortho nitro benzene ring substituents is 1. The van der Waals surface area contributed by atoms with E-state index in [4.69, 9.17) is 0 Å². The molecule has 3 heterocycles. The number of nitrogens with zero attached hydrogens (tertiary/aromatic N) is 4. The molecule has 1 aromatic carbocycles. The number of hydrogen-bond acceptors (Lipinski definition) is 6. The Hall–Kier alpha value is -3.49. The van der Waals surface area contributed by atoms with Crippen LogP contribution in [0.1, 0.15) is 53.3 Å². The zero-order valence-corrected chi connectivity index (χ0v) is 18.8. The minimum absolute atomic E-state index is 0.0394. The topological polar surface area (TPSA) is 109 Å². The van der Waals surface area contributed by atoms with E-state index in [1.54, 1.807) is 35.5 Å². The molecule has 2 aliphatic rings. The molecular weight excluding hydrogens is 422 g/mol. The van der Waals surface area contributed by atoms with Gasteiger partial charge in [-0.2, -0.15) is 0 Å². The summed E-state index contributed by atoms with van der Waals surface area (Å²) >= 11 is 0. The Morgan fingerprint density at radius 3 is 2.33 bits per heavy atom. The molecule has 1 N–H and O–H groups in total. The number of likely N-dealkylation sites (tertiary alicyclic amines) is 1. The molecule has 2 saturated heterocycles.